The SMILES string of the molecule is Cc1cccc(Cl)c1OCc1nc2cc(F)ccc2n1C(C(=O)NC1CCCCC1)C1CCCCC1. The number of carbonyl (C=O) groups is 1. The van der Waals surface area contributed by atoms with Crippen molar-refractivity contribution >= 4 is 28.5 Å². The van der Waals surface area contributed by atoms with Crippen LogP contribution >= 0.6 is 11.6 Å². The summed E-state index contributed by atoms with van der Waals surface area (Å²) in [6.07, 6.45) is 11.0. The quantitative estimate of drug-likeness (QED) is 0.362. The van der Waals surface area contributed by atoms with Gasteiger partial charge in [0.15, 0.2) is 0 Å². The van der Waals surface area contributed by atoms with E-state index in [0.717, 1.165) is 62.4 Å². The standard InChI is InChI=1S/C29H35ClFN3O2/c1-19-9-8-14-23(30)28(19)36-18-26-33-24-17-21(31)15-16-25(24)34(26)27(20-10-4-2-5-11-20)29(35)32-22-12-6-3-7-13-22/h8-9,14-17,20,22,27H,2-7,10-13,18H2,1H3,(H,32,35). The lowest BCUT2D eigenvalue weighted by atomic mass is 9.83. The molecule has 5 nitrogen and oxygen atoms in total. The molecular formula is C29H35ClFN3O2. The summed E-state index contributed by atoms with van der Waals surface area (Å²) in [6, 6.07) is 10.1. The number of aryl methyl sites for hydroxylation is 1. The summed E-state index contributed by atoms with van der Waals surface area (Å²) in [5.41, 5.74) is 2.23. The molecule has 0 saturated heterocycles. The van der Waals surface area contributed by atoms with E-state index < -0.39 is 6.04 Å². The third-order valence-corrected chi connectivity index (χ3v) is 8.13. The van der Waals surface area contributed by atoms with Gasteiger partial charge in [0.25, 0.3) is 0 Å². The molecule has 0 bridgehead atoms. The summed E-state index contributed by atoms with van der Waals surface area (Å²) in [7, 11) is 0. The second-order valence-corrected chi connectivity index (χ2v) is 10.8. The number of fused-ring (bicyclic) bond motifs is 1. The zero-order chi connectivity index (χ0) is 25.1. The number of hydrogen-bond donors (Lipinski definition) is 1. The Kier molecular flexibility index (Phi) is 7.80. The maximum atomic E-state index is 14.2. The largest absolute Gasteiger partial charge is 0.484 e. The van der Waals surface area contributed by atoms with Gasteiger partial charge in [-0.3, -0.25) is 4.79 Å². The first-order valence-electron chi connectivity index (χ1n) is 13.4. The highest BCUT2D eigenvalue weighted by Crippen LogP contribution is 2.37. The molecule has 0 aliphatic heterocycles. The molecule has 2 aliphatic carbocycles. The smallest absolute Gasteiger partial charge is 0.243 e. The van der Waals surface area contributed by atoms with Crippen LogP contribution in [0.15, 0.2) is 36.4 Å². The monoisotopic (exact) mass is 511 g/mol. The number of amides is 1. The molecule has 36 heavy (non-hydrogen) atoms. The average Bonchev–Trinajstić information content (AvgIpc) is 3.22. The number of ether oxygens (including phenoxy) is 1. The molecule has 2 saturated carbocycles. The van der Waals surface area contributed by atoms with Crippen LogP contribution in [0.5, 0.6) is 5.75 Å². The first kappa shape index (κ1) is 25.1. The average molecular weight is 512 g/mol. The van der Waals surface area contributed by atoms with E-state index in [1.54, 1.807) is 12.1 Å². The van der Waals surface area contributed by atoms with E-state index in [1.165, 1.54) is 25.0 Å². The second kappa shape index (κ2) is 11.2. The lowest BCUT2D eigenvalue weighted by Crippen LogP contribution is -2.43. The number of benzene rings is 2. The molecular weight excluding hydrogens is 477 g/mol. The molecule has 2 aromatic carbocycles. The molecule has 0 spiro atoms. The molecule has 7 heteroatoms. The number of hydrogen-bond acceptors (Lipinski definition) is 3. The molecule has 192 valence electrons. The van der Waals surface area contributed by atoms with Crippen molar-refractivity contribution in [3.8, 4) is 5.75 Å². The van der Waals surface area contributed by atoms with Gasteiger partial charge in [0.05, 0.1) is 16.1 Å². The lowest BCUT2D eigenvalue weighted by molar-refractivity contribution is -0.127. The van der Waals surface area contributed by atoms with Crippen molar-refractivity contribution in [3.05, 3.63) is 58.6 Å². The first-order valence-corrected chi connectivity index (χ1v) is 13.7. The number of nitrogens with zero attached hydrogens (tertiary/aromatic N) is 2. The summed E-state index contributed by atoms with van der Waals surface area (Å²) >= 11 is 6.41. The van der Waals surface area contributed by atoms with Crippen molar-refractivity contribution in [3.63, 3.8) is 0 Å². The summed E-state index contributed by atoms with van der Waals surface area (Å²) < 4.78 is 22.4. The predicted molar refractivity (Wildman–Crippen MR) is 141 cm³/mol. The minimum Gasteiger partial charge on any atom is -0.484 e. The van der Waals surface area contributed by atoms with Crippen molar-refractivity contribution < 1.29 is 13.9 Å². The summed E-state index contributed by atoms with van der Waals surface area (Å²) in [4.78, 5) is 18.7. The van der Waals surface area contributed by atoms with E-state index in [-0.39, 0.29) is 30.3 Å². The van der Waals surface area contributed by atoms with E-state index in [0.29, 0.717) is 22.1 Å². The van der Waals surface area contributed by atoms with Gasteiger partial charge in [-0.2, -0.15) is 0 Å². The fraction of sp³-hybridized carbons (Fsp3) is 0.517. The molecule has 2 aliphatic rings. The highest BCUT2D eigenvalue weighted by Gasteiger charge is 2.35. The Morgan fingerprint density at radius 2 is 1.83 bits per heavy atom. The summed E-state index contributed by atoms with van der Waals surface area (Å²) in [6.45, 7) is 2.09. The Labute approximate surface area is 217 Å². The van der Waals surface area contributed by atoms with Gasteiger partial charge < -0.3 is 14.6 Å². The third kappa shape index (κ3) is 5.39. The zero-order valence-electron chi connectivity index (χ0n) is 20.9. The van der Waals surface area contributed by atoms with Crippen LogP contribution in [-0.2, 0) is 11.4 Å². The van der Waals surface area contributed by atoms with Crippen LogP contribution in [0.3, 0.4) is 0 Å². The molecule has 1 amide bonds. The van der Waals surface area contributed by atoms with Crippen LogP contribution in [0, 0.1) is 18.7 Å². The normalized spacial score (nSPS) is 18.3. The molecule has 2 fully saturated rings. The van der Waals surface area contributed by atoms with Crippen LogP contribution < -0.4 is 10.1 Å². The maximum Gasteiger partial charge on any atom is 0.243 e. The van der Waals surface area contributed by atoms with Crippen molar-refractivity contribution in [2.24, 2.45) is 5.92 Å². The van der Waals surface area contributed by atoms with E-state index in [4.69, 9.17) is 21.3 Å². The minimum atomic E-state index is -0.409. The highest BCUT2D eigenvalue weighted by atomic mass is 35.5. The van der Waals surface area contributed by atoms with E-state index in [2.05, 4.69) is 5.32 Å². The number of nitrogens with one attached hydrogen (secondary N) is 1. The molecule has 3 aromatic rings. The van der Waals surface area contributed by atoms with Gasteiger partial charge in [0, 0.05) is 12.1 Å². The Bertz CT molecular complexity index is 1190. The van der Waals surface area contributed by atoms with Gasteiger partial charge >= 0.3 is 0 Å². The molecule has 1 unspecified atom stereocenters. The number of halogens is 2. The second-order valence-electron chi connectivity index (χ2n) is 10.4. The van der Waals surface area contributed by atoms with Crippen LogP contribution in [0.2, 0.25) is 5.02 Å². The molecule has 1 aromatic heterocycles. The van der Waals surface area contributed by atoms with E-state index in [9.17, 15) is 9.18 Å². The van der Waals surface area contributed by atoms with E-state index in [1.807, 2.05) is 23.6 Å². The highest BCUT2D eigenvalue weighted by molar-refractivity contribution is 6.32. The van der Waals surface area contributed by atoms with Crippen LogP contribution in [0.25, 0.3) is 11.0 Å². The van der Waals surface area contributed by atoms with Gasteiger partial charge in [-0.1, -0.05) is 62.3 Å². The molecule has 1 N–H and O–H groups in total. The molecule has 5 rings (SSSR count). The number of aromatic nitrogens is 2. The number of carbonyl (C=O) groups excluding carboxylic acids is 1. The van der Waals surface area contributed by atoms with E-state index >= 15 is 0 Å². The fourth-order valence-electron chi connectivity index (χ4n) is 6.00. The van der Waals surface area contributed by atoms with Crippen molar-refractivity contribution in [2.45, 2.75) is 89.8 Å². The van der Waals surface area contributed by atoms with Crippen molar-refractivity contribution in [1.29, 1.82) is 0 Å². The maximum absolute atomic E-state index is 14.2. The van der Waals surface area contributed by atoms with Gasteiger partial charge in [-0.15, -0.1) is 0 Å². The first-order chi connectivity index (χ1) is 17.5. The number of para-hydroxylation sites is 1. The minimum absolute atomic E-state index is 0.0487. The van der Waals surface area contributed by atoms with Gasteiger partial charge in [0.1, 0.15) is 30.0 Å². The molecule has 1 heterocycles. The predicted octanol–water partition coefficient (Wildman–Crippen LogP) is 7.29. The lowest BCUT2D eigenvalue weighted by Gasteiger charge is -2.33. The van der Waals surface area contributed by atoms with Gasteiger partial charge in [0.2, 0.25) is 5.91 Å². The summed E-state index contributed by atoms with van der Waals surface area (Å²) in [5.74, 6) is 1.12. The Hall–Kier alpha value is -2.60. The Balaban J connectivity index is 1.54. The third-order valence-electron chi connectivity index (χ3n) is 7.83. The fourth-order valence-corrected chi connectivity index (χ4v) is 6.27. The van der Waals surface area contributed by atoms with Gasteiger partial charge in [-0.05, 0) is 62.3 Å². The zero-order valence-corrected chi connectivity index (χ0v) is 21.7. The van der Waals surface area contributed by atoms with Crippen molar-refractivity contribution in [1.82, 2.24) is 14.9 Å². The number of rotatable bonds is 7. The molecule has 0 radical (unpaired) electrons. The Morgan fingerprint density at radius 3 is 2.56 bits per heavy atom. The summed E-state index contributed by atoms with van der Waals surface area (Å²) in [5, 5.41) is 3.91. The van der Waals surface area contributed by atoms with Crippen LogP contribution in [0.4, 0.5) is 4.39 Å². The van der Waals surface area contributed by atoms with Crippen LogP contribution in [0.1, 0.15) is 81.6 Å². The van der Waals surface area contributed by atoms with Crippen LogP contribution in [-0.4, -0.2) is 21.5 Å². The number of imidazole rings is 1. The molecule has 1 atom stereocenters. The van der Waals surface area contributed by atoms with Crippen molar-refractivity contribution in [2.75, 3.05) is 0 Å². The topological polar surface area (TPSA) is 56.2 Å². The van der Waals surface area contributed by atoms with Gasteiger partial charge in [-0.25, -0.2) is 9.37 Å². The Morgan fingerprint density at radius 1 is 1.11 bits per heavy atom.